The first-order chi connectivity index (χ1) is 7.75. The van der Waals surface area contributed by atoms with Crippen LogP contribution >= 0.6 is 12.4 Å². The minimum absolute atomic E-state index is 0. The summed E-state index contributed by atoms with van der Waals surface area (Å²) in [4.78, 5) is 11.7. The number of nitrogens with two attached hydrogens (primary N) is 1. The van der Waals surface area contributed by atoms with Crippen molar-refractivity contribution in [2.45, 2.75) is 38.1 Å². The fourth-order valence-electron chi connectivity index (χ4n) is 2.18. The molecule has 0 radical (unpaired) electrons. The molecule has 2 atom stereocenters. The van der Waals surface area contributed by atoms with E-state index in [2.05, 4.69) is 5.32 Å². The van der Waals surface area contributed by atoms with E-state index < -0.39 is 0 Å². The topological polar surface area (TPSA) is 64.4 Å². The van der Waals surface area contributed by atoms with Crippen molar-refractivity contribution in [2.75, 3.05) is 19.8 Å². The quantitative estimate of drug-likeness (QED) is 0.704. The van der Waals surface area contributed by atoms with Crippen molar-refractivity contribution >= 4 is 18.3 Å². The van der Waals surface area contributed by atoms with Gasteiger partial charge in [0.25, 0.3) is 0 Å². The van der Waals surface area contributed by atoms with Crippen LogP contribution in [0.5, 0.6) is 0 Å². The molecule has 2 fully saturated rings. The van der Waals surface area contributed by atoms with E-state index in [0.29, 0.717) is 13.2 Å². The first-order valence-electron chi connectivity index (χ1n) is 6.36. The molecule has 3 N–H and O–H groups in total. The fraction of sp³-hybridized carbons (Fsp3) is 0.917. The molecule has 2 rings (SSSR count). The second kappa shape index (κ2) is 7.19. The Balaban J connectivity index is 0.00000144. The molecule has 17 heavy (non-hydrogen) atoms. The van der Waals surface area contributed by atoms with Crippen molar-refractivity contribution in [3.05, 3.63) is 0 Å². The Morgan fingerprint density at radius 3 is 2.65 bits per heavy atom. The molecule has 0 aromatic carbocycles. The molecule has 0 bridgehead atoms. The second-order valence-corrected chi connectivity index (χ2v) is 5.08. The van der Waals surface area contributed by atoms with E-state index in [9.17, 15) is 4.79 Å². The minimum atomic E-state index is 0. The van der Waals surface area contributed by atoms with Crippen molar-refractivity contribution in [3.8, 4) is 0 Å². The number of hydrogen-bond donors (Lipinski definition) is 2. The zero-order valence-corrected chi connectivity index (χ0v) is 11.0. The van der Waals surface area contributed by atoms with Gasteiger partial charge in [-0.15, -0.1) is 12.4 Å². The monoisotopic (exact) mass is 262 g/mol. The average Bonchev–Trinajstić information content (AvgIpc) is 2.99. The molecule has 0 heterocycles. The number of hydrogen-bond acceptors (Lipinski definition) is 3. The van der Waals surface area contributed by atoms with E-state index in [1.54, 1.807) is 0 Å². The van der Waals surface area contributed by atoms with Gasteiger partial charge in [-0.05, 0) is 38.0 Å². The second-order valence-electron chi connectivity index (χ2n) is 5.08. The Labute approximate surface area is 109 Å². The van der Waals surface area contributed by atoms with Crippen LogP contribution in [0.2, 0.25) is 0 Å². The summed E-state index contributed by atoms with van der Waals surface area (Å²) in [7, 11) is 0. The summed E-state index contributed by atoms with van der Waals surface area (Å²) in [6.45, 7) is 2.14. The van der Waals surface area contributed by atoms with E-state index in [0.717, 1.165) is 31.8 Å². The van der Waals surface area contributed by atoms with Gasteiger partial charge in [0.2, 0.25) is 5.91 Å². The lowest BCUT2D eigenvalue weighted by atomic mass is 10.1. The van der Waals surface area contributed by atoms with E-state index in [1.807, 2.05) is 0 Å². The summed E-state index contributed by atoms with van der Waals surface area (Å²) in [5.41, 5.74) is 5.77. The van der Waals surface area contributed by atoms with Gasteiger partial charge in [-0.1, -0.05) is 0 Å². The third-order valence-corrected chi connectivity index (χ3v) is 3.44. The van der Waals surface area contributed by atoms with E-state index in [4.69, 9.17) is 10.5 Å². The van der Waals surface area contributed by atoms with Crippen LogP contribution in [-0.2, 0) is 9.53 Å². The number of carbonyl (C=O) groups is 1. The third kappa shape index (κ3) is 5.23. The van der Waals surface area contributed by atoms with Crippen LogP contribution in [0.1, 0.15) is 32.1 Å². The minimum Gasteiger partial charge on any atom is -0.379 e. The number of amides is 1. The zero-order chi connectivity index (χ0) is 11.4. The predicted octanol–water partition coefficient (Wildman–Crippen LogP) is 1.08. The van der Waals surface area contributed by atoms with Gasteiger partial charge in [-0.2, -0.15) is 0 Å². The molecule has 4 nitrogen and oxygen atoms in total. The lowest BCUT2D eigenvalue weighted by Gasteiger charge is -2.10. The van der Waals surface area contributed by atoms with Gasteiger partial charge >= 0.3 is 0 Å². The third-order valence-electron chi connectivity index (χ3n) is 3.44. The van der Waals surface area contributed by atoms with Crippen LogP contribution in [0, 0.1) is 11.8 Å². The Kier molecular flexibility index (Phi) is 6.23. The molecule has 100 valence electrons. The number of ether oxygens (including phenoxy) is 1. The summed E-state index contributed by atoms with van der Waals surface area (Å²) in [6, 6.07) is 0.224. The van der Waals surface area contributed by atoms with Crippen LogP contribution in [0.15, 0.2) is 0 Å². The van der Waals surface area contributed by atoms with Crippen LogP contribution in [0.4, 0.5) is 0 Å². The molecule has 0 saturated heterocycles. The lowest BCUT2D eigenvalue weighted by molar-refractivity contribution is -0.125. The SMILES string of the molecule is Cl.NC1CCC(C(=O)NCCOCC2CC2)C1. The molecule has 2 aliphatic rings. The molecule has 2 saturated carbocycles. The normalized spacial score (nSPS) is 27.6. The van der Waals surface area contributed by atoms with Crippen LogP contribution in [0.3, 0.4) is 0 Å². The molecule has 5 heteroatoms. The standard InChI is InChI=1S/C12H22N2O2.ClH/c13-11-4-3-10(7-11)12(15)14-5-6-16-8-9-1-2-9;/h9-11H,1-8,13H2,(H,14,15);1H. The van der Waals surface area contributed by atoms with Crippen LogP contribution in [-0.4, -0.2) is 31.7 Å². The molecule has 1 amide bonds. The summed E-state index contributed by atoms with van der Waals surface area (Å²) in [5, 5.41) is 2.92. The molecule has 2 aliphatic carbocycles. The van der Waals surface area contributed by atoms with Gasteiger partial charge in [0.15, 0.2) is 0 Å². The van der Waals surface area contributed by atoms with Gasteiger partial charge in [0.1, 0.15) is 0 Å². The van der Waals surface area contributed by atoms with E-state index in [1.165, 1.54) is 12.8 Å². The van der Waals surface area contributed by atoms with Crippen molar-refractivity contribution in [2.24, 2.45) is 17.6 Å². The first kappa shape index (κ1) is 14.7. The molecule has 2 unspecified atom stereocenters. The Bertz CT molecular complexity index is 247. The average molecular weight is 263 g/mol. The van der Waals surface area contributed by atoms with Gasteiger partial charge in [0.05, 0.1) is 6.61 Å². The van der Waals surface area contributed by atoms with Gasteiger partial charge in [-0.25, -0.2) is 0 Å². The van der Waals surface area contributed by atoms with Crippen molar-refractivity contribution in [1.82, 2.24) is 5.32 Å². The van der Waals surface area contributed by atoms with Crippen LogP contribution < -0.4 is 11.1 Å². The Morgan fingerprint density at radius 2 is 2.06 bits per heavy atom. The summed E-state index contributed by atoms with van der Waals surface area (Å²) in [5.74, 6) is 1.09. The van der Waals surface area contributed by atoms with Crippen molar-refractivity contribution < 1.29 is 9.53 Å². The smallest absolute Gasteiger partial charge is 0.223 e. The highest BCUT2D eigenvalue weighted by atomic mass is 35.5. The summed E-state index contributed by atoms with van der Waals surface area (Å²) < 4.78 is 5.45. The molecule has 0 aromatic heterocycles. The van der Waals surface area contributed by atoms with Crippen molar-refractivity contribution in [3.63, 3.8) is 0 Å². The maximum atomic E-state index is 11.7. The number of nitrogens with one attached hydrogen (secondary N) is 1. The van der Waals surface area contributed by atoms with E-state index in [-0.39, 0.29) is 30.3 Å². The molecule has 0 spiro atoms. The molecule has 0 aromatic rings. The predicted molar refractivity (Wildman–Crippen MR) is 69.1 cm³/mol. The Morgan fingerprint density at radius 1 is 1.29 bits per heavy atom. The maximum absolute atomic E-state index is 11.7. The zero-order valence-electron chi connectivity index (χ0n) is 10.2. The van der Waals surface area contributed by atoms with Crippen LogP contribution in [0.25, 0.3) is 0 Å². The summed E-state index contributed by atoms with van der Waals surface area (Å²) in [6.07, 6.45) is 5.39. The highest BCUT2D eigenvalue weighted by molar-refractivity contribution is 5.85. The fourth-order valence-corrected chi connectivity index (χ4v) is 2.18. The first-order valence-corrected chi connectivity index (χ1v) is 6.36. The van der Waals surface area contributed by atoms with Gasteiger partial charge in [0, 0.05) is 25.1 Å². The largest absolute Gasteiger partial charge is 0.379 e. The number of rotatable bonds is 6. The highest BCUT2D eigenvalue weighted by Gasteiger charge is 2.27. The molecular formula is C12H23ClN2O2. The van der Waals surface area contributed by atoms with Gasteiger partial charge < -0.3 is 15.8 Å². The Hall–Kier alpha value is -0.320. The molecule has 0 aliphatic heterocycles. The lowest BCUT2D eigenvalue weighted by Crippen LogP contribution is -2.33. The molecular weight excluding hydrogens is 240 g/mol. The van der Waals surface area contributed by atoms with Crippen molar-refractivity contribution in [1.29, 1.82) is 0 Å². The highest BCUT2D eigenvalue weighted by Crippen LogP contribution is 2.28. The van der Waals surface area contributed by atoms with Gasteiger partial charge in [-0.3, -0.25) is 4.79 Å². The summed E-state index contributed by atoms with van der Waals surface area (Å²) >= 11 is 0. The number of halogens is 1. The van der Waals surface area contributed by atoms with E-state index >= 15 is 0 Å². The number of carbonyl (C=O) groups excluding carboxylic acids is 1. The maximum Gasteiger partial charge on any atom is 0.223 e.